The van der Waals surface area contributed by atoms with E-state index in [0.717, 1.165) is 31.3 Å². The molecule has 3 N–H and O–H groups in total. The highest BCUT2D eigenvalue weighted by Gasteiger charge is 2.16. The summed E-state index contributed by atoms with van der Waals surface area (Å²) < 4.78 is 19.8. The van der Waals surface area contributed by atoms with Gasteiger partial charge in [0.05, 0.1) is 17.3 Å². The lowest BCUT2D eigenvalue weighted by Crippen LogP contribution is -2.27. The van der Waals surface area contributed by atoms with Crippen molar-refractivity contribution >= 4 is 22.3 Å². The Kier molecular flexibility index (Phi) is 3.69. The van der Waals surface area contributed by atoms with E-state index in [1.54, 1.807) is 12.3 Å². The van der Waals surface area contributed by atoms with Gasteiger partial charge in [-0.2, -0.15) is 0 Å². The smallest absolute Gasteiger partial charge is 0.150 e. The molecular formula is C15H18FN3O. The molecular weight excluding hydrogens is 257 g/mol. The number of benzene rings is 1. The van der Waals surface area contributed by atoms with Gasteiger partial charge >= 0.3 is 0 Å². The first kappa shape index (κ1) is 13.1. The molecule has 0 saturated carbocycles. The molecule has 1 atom stereocenters. The van der Waals surface area contributed by atoms with Crippen molar-refractivity contribution in [2.75, 3.05) is 24.2 Å². The molecule has 2 heterocycles. The summed E-state index contributed by atoms with van der Waals surface area (Å²) in [6, 6.07) is 4.98. The minimum atomic E-state index is -0.371. The van der Waals surface area contributed by atoms with Gasteiger partial charge in [-0.25, -0.2) is 4.39 Å². The first-order valence-electron chi connectivity index (χ1n) is 6.94. The molecule has 3 rings (SSSR count). The second-order valence-electron chi connectivity index (χ2n) is 5.09. The maximum Gasteiger partial charge on any atom is 0.150 e. The second kappa shape index (κ2) is 5.63. The number of anilines is 2. The van der Waals surface area contributed by atoms with Crippen LogP contribution in [0.2, 0.25) is 0 Å². The number of ether oxygens (including phenoxy) is 1. The van der Waals surface area contributed by atoms with Gasteiger partial charge < -0.3 is 15.8 Å². The number of aromatic nitrogens is 1. The molecule has 0 spiro atoms. The third-order valence-electron chi connectivity index (χ3n) is 3.66. The number of pyridine rings is 1. The quantitative estimate of drug-likeness (QED) is 0.845. The molecule has 106 valence electrons. The Labute approximate surface area is 117 Å². The van der Waals surface area contributed by atoms with Gasteiger partial charge in [0.1, 0.15) is 0 Å². The van der Waals surface area contributed by atoms with E-state index in [2.05, 4.69) is 10.3 Å². The minimum Gasteiger partial charge on any atom is -0.398 e. The molecule has 4 nitrogen and oxygen atoms in total. The molecule has 20 heavy (non-hydrogen) atoms. The summed E-state index contributed by atoms with van der Waals surface area (Å²) in [6.07, 6.45) is 5.06. The number of halogens is 1. The molecule has 1 aromatic carbocycles. The summed E-state index contributed by atoms with van der Waals surface area (Å²) in [5.41, 5.74) is 7.22. The number of nitrogens with zero attached hydrogens (tertiary/aromatic N) is 1. The summed E-state index contributed by atoms with van der Waals surface area (Å²) in [5, 5.41) is 3.90. The average molecular weight is 275 g/mol. The van der Waals surface area contributed by atoms with Crippen LogP contribution >= 0.6 is 0 Å². The molecule has 1 saturated heterocycles. The molecule has 0 bridgehead atoms. The van der Waals surface area contributed by atoms with Crippen LogP contribution in [0.5, 0.6) is 0 Å². The summed E-state index contributed by atoms with van der Waals surface area (Å²) in [4.78, 5) is 4.24. The fourth-order valence-corrected chi connectivity index (χ4v) is 2.59. The average Bonchev–Trinajstić information content (AvgIpc) is 2.48. The monoisotopic (exact) mass is 275 g/mol. The maximum absolute atomic E-state index is 14.1. The van der Waals surface area contributed by atoms with Gasteiger partial charge in [0.2, 0.25) is 0 Å². The van der Waals surface area contributed by atoms with Crippen LogP contribution in [0, 0.1) is 5.82 Å². The zero-order chi connectivity index (χ0) is 13.9. The van der Waals surface area contributed by atoms with Crippen molar-refractivity contribution in [1.82, 2.24) is 4.98 Å². The van der Waals surface area contributed by atoms with Crippen molar-refractivity contribution in [1.29, 1.82) is 0 Å². The van der Waals surface area contributed by atoms with Crippen LogP contribution < -0.4 is 11.1 Å². The second-order valence-corrected chi connectivity index (χ2v) is 5.09. The summed E-state index contributed by atoms with van der Waals surface area (Å²) in [6.45, 7) is 1.38. The number of hydrogen-bond acceptors (Lipinski definition) is 4. The molecule has 5 heteroatoms. The summed E-state index contributed by atoms with van der Waals surface area (Å²) in [7, 11) is 0. The van der Waals surface area contributed by atoms with Crippen LogP contribution in [0.1, 0.15) is 19.3 Å². The highest BCUT2D eigenvalue weighted by Crippen LogP contribution is 2.29. The van der Waals surface area contributed by atoms with Gasteiger partial charge in [-0.05, 0) is 37.5 Å². The van der Waals surface area contributed by atoms with Crippen molar-refractivity contribution in [2.24, 2.45) is 0 Å². The van der Waals surface area contributed by atoms with Gasteiger partial charge in [-0.15, -0.1) is 0 Å². The predicted molar refractivity (Wildman–Crippen MR) is 78.2 cm³/mol. The van der Waals surface area contributed by atoms with E-state index in [9.17, 15) is 4.39 Å². The van der Waals surface area contributed by atoms with Gasteiger partial charge in [0.15, 0.2) is 5.82 Å². The lowest BCUT2D eigenvalue weighted by molar-refractivity contribution is 0.0247. The van der Waals surface area contributed by atoms with Gasteiger partial charge in [-0.1, -0.05) is 0 Å². The third kappa shape index (κ3) is 2.54. The topological polar surface area (TPSA) is 60.2 Å². The fourth-order valence-electron chi connectivity index (χ4n) is 2.59. The van der Waals surface area contributed by atoms with Gasteiger partial charge in [0.25, 0.3) is 0 Å². The van der Waals surface area contributed by atoms with Crippen LogP contribution in [0.25, 0.3) is 10.9 Å². The van der Waals surface area contributed by atoms with Crippen molar-refractivity contribution in [3.8, 4) is 0 Å². The Morgan fingerprint density at radius 3 is 3.15 bits per heavy atom. The van der Waals surface area contributed by atoms with Gasteiger partial charge in [-0.3, -0.25) is 4.98 Å². The Bertz CT molecular complexity index is 611. The number of rotatable bonds is 3. The largest absolute Gasteiger partial charge is 0.398 e. The molecule has 1 fully saturated rings. The Morgan fingerprint density at radius 2 is 2.35 bits per heavy atom. The Morgan fingerprint density at radius 1 is 1.45 bits per heavy atom. The predicted octanol–water partition coefficient (Wildman–Crippen LogP) is 2.94. The number of fused-ring (bicyclic) bond motifs is 1. The van der Waals surface area contributed by atoms with Crippen LogP contribution in [0.15, 0.2) is 24.4 Å². The number of nitrogens with two attached hydrogens (primary N) is 1. The molecule has 0 radical (unpaired) electrons. The van der Waals surface area contributed by atoms with Crippen molar-refractivity contribution in [3.63, 3.8) is 0 Å². The number of nitrogen functional groups attached to an aromatic ring is 1. The summed E-state index contributed by atoms with van der Waals surface area (Å²) >= 11 is 0. The van der Waals surface area contributed by atoms with E-state index >= 15 is 0 Å². The van der Waals surface area contributed by atoms with Crippen molar-refractivity contribution in [3.05, 3.63) is 30.2 Å². The molecule has 2 aromatic rings. The lowest BCUT2D eigenvalue weighted by Gasteiger charge is -2.23. The standard InChI is InChI=1S/C15H18FN3O/c16-12-8-13(17)11-5-3-6-18-14(11)15(12)19-9-10-4-1-2-7-20-10/h3,5-6,8,10,19H,1-2,4,7,9,17H2. The first-order valence-corrected chi connectivity index (χ1v) is 6.94. The van der Waals surface area contributed by atoms with E-state index in [1.165, 1.54) is 6.07 Å². The molecule has 1 aromatic heterocycles. The molecule has 0 aliphatic carbocycles. The van der Waals surface area contributed by atoms with Crippen LogP contribution in [0.4, 0.5) is 15.8 Å². The highest BCUT2D eigenvalue weighted by atomic mass is 19.1. The van der Waals surface area contributed by atoms with Crippen molar-refractivity contribution < 1.29 is 9.13 Å². The maximum atomic E-state index is 14.1. The van der Waals surface area contributed by atoms with Crippen LogP contribution in [0.3, 0.4) is 0 Å². The highest BCUT2D eigenvalue weighted by molar-refractivity contribution is 5.98. The molecule has 0 amide bonds. The van der Waals surface area contributed by atoms with Crippen molar-refractivity contribution in [2.45, 2.75) is 25.4 Å². The van der Waals surface area contributed by atoms with E-state index in [1.807, 2.05) is 6.07 Å². The zero-order valence-corrected chi connectivity index (χ0v) is 11.2. The molecule has 1 aliphatic heterocycles. The first-order chi connectivity index (χ1) is 9.75. The van der Waals surface area contributed by atoms with E-state index in [0.29, 0.717) is 23.4 Å². The Hall–Kier alpha value is -1.88. The fraction of sp³-hybridized carbons (Fsp3) is 0.400. The summed E-state index contributed by atoms with van der Waals surface area (Å²) in [5.74, 6) is -0.371. The van der Waals surface area contributed by atoms with E-state index < -0.39 is 0 Å². The van der Waals surface area contributed by atoms with E-state index in [4.69, 9.17) is 10.5 Å². The lowest BCUT2D eigenvalue weighted by atomic mass is 10.1. The van der Waals surface area contributed by atoms with Crippen LogP contribution in [-0.2, 0) is 4.74 Å². The van der Waals surface area contributed by atoms with Crippen LogP contribution in [-0.4, -0.2) is 24.2 Å². The number of nitrogens with one attached hydrogen (secondary N) is 1. The zero-order valence-electron chi connectivity index (χ0n) is 11.2. The van der Waals surface area contributed by atoms with Gasteiger partial charge in [0, 0.05) is 30.4 Å². The minimum absolute atomic E-state index is 0.138. The Balaban J connectivity index is 1.86. The normalized spacial score (nSPS) is 19.1. The molecule has 1 aliphatic rings. The molecule has 1 unspecified atom stereocenters. The van der Waals surface area contributed by atoms with E-state index in [-0.39, 0.29) is 11.9 Å². The SMILES string of the molecule is Nc1cc(F)c(NCC2CCCCO2)c2ncccc12. The third-order valence-corrected chi connectivity index (χ3v) is 3.66. The number of hydrogen-bond donors (Lipinski definition) is 2.